The van der Waals surface area contributed by atoms with Gasteiger partial charge in [0.05, 0.1) is 16.5 Å². The van der Waals surface area contributed by atoms with Gasteiger partial charge in [-0.3, -0.25) is 23.7 Å². The van der Waals surface area contributed by atoms with Crippen LogP contribution in [0.25, 0.3) is 0 Å². The van der Waals surface area contributed by atoms with E-state index in [1.807, 2.05) is 0 Å². The van der Waals surface area contributed by atoms with Crippen molar-refractivity contribution in [2.24, 2.45) is 11.7 Å². The summed E-state index contributed by atoms with van der Waals surface area (Å²) in [6.07, 6.45) is -4.60. The predicted molar refractivity (Wildman–Crippen MR) is 129 cm³/mol. The number of urea groups is 1. The maximum absolute atomic E-state index is 13.0. The molecule has 1 aromatic carbocycles. The molecule has 3 aromatic rings. The van der Waals surface area contributed by atoms with Crippen LogP contribution in [0.4, 0.5) is 23.7 Å². The molecule has 2 aliphatic rings. The number of halogens is 3. The third-order valence-corrected chi connectivity index (χ3v) is 9.45. The predicted octanol–water partition coefficient (Wildman–Crippen LogP) is 3.30. The van der Waals surface area contributed by atoms with Gasteiger partial charge in [0.25, 0.3) is 5.91 Å². The number of nitrogens with two attached hydrogens (primary N) is 1. The Morgan fingerprint density at radius 2 is 1.84 bits per heavy atom. The van der Waals surface area contributed by atoms with Gasteiger partial charge in [-0.2, -0.15) is 18.1 Å². The van der Waals surface area contributed by atoms with E-state index in [0.29, 0.717) is 14.7 Å². The lowest BCUT2D eigenvalue weighted by Gasteiger charge is -2.29. The molecule has 3 unspecified atom stereocenters. The van der Waals surface area contributed by atoms with Crippen LogP contribution in [0.3, 0.4) is 0 Å². The van der Waals surface area contributed by atoms with E-state index in [0.717, 1.165) is 45.9 Å². The number of carbonyl (C=O) groups excluding carboxylic acids is 4. The highest BCUT2D eigenvalue weighted by Crippen LogP contribution is 2.54. The van der Waals surface area contributed by atoms with Crippen LogP contribution >= 0.6 is 34.4 Å². The Morgan fingerprint density at radius 1 is 1.08 bits per heavy atom. The minimum absolute atomic E-state index is 0.102. The van der Waals surface area contributed by atoms with Crippen LogP contribution < -0.4 is 15.9 Å². The number of anilines is 1. The summed E-state index contributed by atoms with van der Waals surface area (Å²) in [5.41, 5.74) is 4.22. The topological polar surface area (TPSA) is 132 Å². The van der Waals surface area contributed by atoms with Gasteiger partial charge in [0.2, 0.25) is 11.8 Å². The maximum Gasteiger partial charge on any atom is 0.416 e. The first-order chi connectivity index (χ1) is 17.5. The summed E-state index contributed by atoms with van der Waals surface area (Å²) in [6, 6.07) is 6.35. The Labute approximate surface area is 218 Å². The minimum Gasteiger partial charge on any atom is -0.351 e. The van der Waals surface area contributed by atoms with Crippen LogP contribution in [0.1, 0.15) is 21.2 Å². The van der Waals surface area contributed by atoms with Crippen LogP contribution in [0.5, 0.6) is 0 Å². The number of benzene rings is 1. The van der Waals surface area contributed by atoms with Crippen LogP contribution in [-0.2, 0) is 27.1 Å². The van der Waals surface area contributed by atoms with Crippen molar-refractivity contribution in [1.82, 2.24) is 9.47 Å². The molecule has 1 saturated heterocycles. The molecule has 2 aromatic heterocycles. The Balaban J connectivity index is 1.49. The van der Waals surface area contributed by atoms with E-state index in [2.05, 4.69) is 5.32 Å². The molecule has 0 spiro atoms. The van der Waals surface area contributed by atoms with Gasteiger partial charge in [-0.15, -0.1) is 11.3 Å². The summed E-state index contributed by atoms with van der Waals surface area (Å²) < 4.78 is 40.1. The lowest BCUT2D eigenvalue weighted by atomic mass is 9.87. The maximum atomic E-state index is 13.0. The number of thiophene rings is 1. The van der Waals surface area contributed by atoms with Crippen LogP contribution in [-0.4, -0.2) is 38.5 Å². The number of thioether (sulfide) groups is 1. The highest BCUT2D eigenvalue weighted by molar-refractivity contribution is 8.00. The van der Waals surface area contributed by atoms with Gasteiger partial charge in [0, 0.05) is 21.4 Å². The first-order valence-corrected chi connectivity index (χ1v) is 13.1. The number of nitrogens with zero attached hydrogens (tertiary/aromatic N) is 2. The number of nitrogens with one attached hydrogen (secondary N) is 1. The smallest absolute Gasteiger partial charge is 0.351 e. The average Bonchev–Trinajstić information content (AvgIpc) is 3.51. The fourth-order valence-corrected chi connectivity index (χ4v) is 8.09. The standard InChI is InChI=1S/C22H15F3N4O5S3/c23-22(24,25)9-3-1-4-10(7-9)27-12(30)8-28-19-16(37-21(28)34)13(11-5-2-6-35-11)14-15(36-19)18(32)29(17(14)31)20(26)33/h1-7,13-15H,8H2,(H2,26,33)(H,27,30). The summed E-state index contributed by atoms with van der Waals surface area (Å²) in [5, 5.41) is 3.35. The molecule has 0 bridgehead atoms. The first kappa shape index (κ1) is 25.2. The fraction of sp³-hybridized carbons (Fsp3) is 0.227. The van der Waals surface area contributed by atoms with Crippen LogP contribution in [0, 0.1) is 5.92 Å². The van der Waals surface area contributed by atoms with Crippen molar-refractivity contribution in [2.75, 3.05) is 5.32 Å². The quantitative estimate of drug-likeness (QED) is 0.465. The summed E-state index contributed by atoms with van der Waals surface area (Å²) >= 11 is 3.00. The van der Waals surface area contributed by atoms with Gasteiger partial charge >= 0.3 is 17.1 Å². The number of aromatic nitrogens is 1. The van der Waals surface area contributed by atoms with Gasteiger partial charge in [-0.1, -0.05) is 35.2 Å². The average molecular weight is 569 g/mol. The van der Waals surface area contributed by atoms with Crippen molar-refractivity contribution < 1.29 is 32.3 Å². The number of thiazole rings is 1. The van der Waals surface area contributed by atoms with Gasteiger partial charge < -0.3 is 11.1 Å². The van der Waals surface area contributed by atoms with Crippen molar-refractivity contribution in [2.45, 2.75) is 28.9 Å². The summed E-state index contributed by atoms with van der Waals surface area (Å²) in [5.74, 6) is -4.01. The van der Waals surface area contributed by atoms with Gasteiger partial charge in [0.1, 0.15) is 11.8 Å². The van der Waals surface area contributed by atoms with Gasteiger partial charge in [-0.25, -0.2) is 4.79 Å². The van der Waals surface area contributed by atoms with Crippen molar-refractivity contribution >= 4 is 63.9 Å². The SMILES string of the molecule is NC(=O)N1C(=O)C2Sc3c(sc(=O)n3CC(=O)Nc3cccc(C(F)(F)F)c3)C(c3cccs3)C2C1=O. The second kappa shape index (κ2) is 9.15. The number of hydrogen-bond acceptors (Lipinski definition) is 8. The summed E-state index contributed by atoms with van der Waals surface area (Å²) in [4.78, 5) is 64.5. The number of amides is 5. The molecule has 4 heterocycles. The molecule has 3 N–H and O–H groups in total. The molecule has 1 fully saturated rings. The minimum atomic E-state index is -4.60. The Hall–Kier alpha value is -3.43. The number of rotatable bonds is 4. The second-order valence-electron chi connectivity index (χ2n) is 8.16. The molecule has 0 saturated carbocycles. The monoisotopic (exact) mass is 568 g/mol. The van der Waals surface area contributed by atoms with E-state index in [1.165, 1.54) is 17.4 Å². The lowest BCUT2D eigenvalue weighted by molar-refractivity contribution is -0.138. The molecule has 5 amide bonds. The molecule has 9 nitrogen and oxygen atoms in total. The van der Waals surface area contributed by atoms with E-state index in [-0.39, 0.29) is 10.7 Å². The Bertz CT molecular complexity index is 1500. The van der Waals surface area contributed by atoms with Crippen molar-refractivity contribution in [3.05, 3.63) is 66.8 Å². The third-order valence-electron chi connectivity index (χ3n) is 5.89. The third kappa shape index (κ3) is 4.36. The van der Waals surface area contributed by atoms with Crippen LogP contribution in [0.2, 0.25) is 0 Å². The van der Waals surface area contributed by atoms with E-state index < -0.39 is 64.0 Å². The molecule has 37 heavy (non-hydrogen) atoms. The molecule has 15 heteroatoms. The van der Waals surface area contributed by atoms with Gasteiger partial charge in [-0.05, 0) is 29.6 Å². The zero-order chi connectivity index (χ0) is 26.6. The van der Waals surface area contributed by atoms with E-state index >= 15 is 0 Å². The first-order valence-electron chi connectivity index (χ1n) is 10.6. The molecular formula is C22H15F3N4O5S3. The molecular weight excluding hydrogens is 553 g/mol. The van der Waals surface area contributed by atoms with Crippen molar-refractivity contribution in [1.29, 1.82) is 0 Å². The Morgan fingerprint density at radius 3 is 2.49 bits per heavy atom. The van der Waals surface area contributed by atoms with E-state index in [4.69, 9.17) is 5.73 Å². The largest absolute Gasteiger partial charge is 0.416 e. The zero-order valence-corrected chi connectivity index (χ0v) is 20.8. The number of hydrogen-bond donors (Lipinski definition) is 2. The summed E-state index contributed by atoms with van der Waals surface area (Å²) in [6.45, 7) is -0.538. The zero-order valence-electron chi connectivity index (χ0n) is 18.4. The van der Waals surface area contributed by atoms with Crippen molar-refractivity contribution in [3.8, 4) is 0 Å². The molecule has 0 aliphatic carbocycles. The number of imide groups is 3. The second-order valence-corrected chi connectivity index (χ2v) is 11.3. The van der Waals surface area contributed by atoms with Gasteiger partial charge in [0.15, 0.2) is 0 Å². The molecule has 0 radical (unpaired) electrons. The molecule has 2 aliphatic heterocycles. The number of primary amides is 1. The fourth-order valence-electron chi connectivity index (χ4n) is 4.36. The highest BCUT2D eigenvalue weighted by Gasteiger charge is 2.58. The number of likely N-dealkylation sites (tertiary alicyclic amines) is 1. The number of fused-ring (bicyclic) bond motifs is 2. The summed E-state index contributed by atoms with van der Waals surface area (Å²) in [7, 11) is 0. The molecule has 5 rings (SSSR count). The molecule has 3 atom stereocenters. The Kier molecular flexibility index (Phi) is 6.24. The lowest BCUT2D eigenvalue weighted by Crippen LogP contribution is -2.41. The van der Waals surface area contributed by atoms with E-state index in [9.17, 15) is 37.1 Å². The van der Waals surface area contributed by atoms with Crippen molar-refractivity contribution in [3.63, 3.8) is 0 Å². The highest BCUT2D eigenvalue weighted by atomic mass is 32.2. The number of carbonyl (C=O) groups is 4. The molecule has 192 valence electrons. The normalized spacial score (nSPS) is 21.1. The van der Waals surface area contributed by atoms with Crippen LogP contribution in [0.15, 0.2) is 51.6 Å². The number of alkyl halides is 3. The van der Waals surface area contributed by atoms with E-state index in [1.54, 1.807) is 17.5 Å².